The Labute approximate surface area is 177 Å². The summed E-state index contributed by atoms with van der Waals surface area (Å²) in [6.45, 7) is 2.97. The van der Waals surface area contributed by atoms with Gasteiger partial charge in [-0.2, -0.15) is 13.2 Å². The first-order valence-corrected chi connectivity index (χ1v) is 10.0. The normalized spacial score (nSPS) is 15.0. The monoisotopic (exact) mass is 457 g/mol. The minimum absolute atomic E-state index is 0.0314. The van der Waals surface area contributed by atoms with Gasteiger partial charge in [0.2, 0.25) is 5.95 Å². The summed E-state index contributed by atoms with van der Waals surface area (Å²) in [5.41, 5.74) is 0.159. The molecule has 1 saturated heterocycles. The molecule has 1 aliphatic rings. The number of benzene rings is 1. The van der Waals surface area contributed by atoms with Gasteiger partial charge in [0.1, 0.15) is 11.6 Å². The molecule has 1 aromatic carbocycles. The zero-order valence-corrected chi connectivity index (χ0v) is 16.9. The van der Waals surface area contributed by atoms with E-state index in [1.807, 2.05) is 10.2 Å². The van der Waals surface area contributed by atoms with Gasteiger partial charge in [-0.05, 0) is 25.0 Å². The van der Waals surface area contributed by atoms with E-state index in [-0.39, 0.29) is 26.2 Å². The number of hydrogen-bond acceptors (Lipinski definition) is 5. The number of halogens is 5. The Balaban J connectivity index is 1.56. The van der Waals surface area contributed by atoms with Crippen LogP contribution in [0.3, 0.4) is 0 Å². The first kappa shape index (κ1) is 21.2. The van der Waals surface area contributed by atoms with Crippen LogP contribution in [0.15, 0.2) is 24.5 Å². The van der Waals surface area contributed by atoms with Gasteiger partial charge < -0.3 is 15.5 Å². The molecule has 31 heavy (non-hydrogen) atoms. The van der Waals surface area contributed by atoms with Gasteiger partial charge in [-0.3, -0.25) is 0 Å². The third-order valence-electron chi connectivity index (χ3n) is 4.89. The molecule has 1 aliphatic heterocycles. The number of thiophene rings is 1. The molecule has 12 heteroatoms. The molecular weight excluding hydrogens is 441 g/mol. The average molecular weight is 457 g/mol. The summed E-state index contributed by atoms with van der Waals surface area (Å²) in [6.07, 6.45) is -1.24. The number of fused-ring (bicyclic) bond motifs is 1. The van der Waals surface area contributed by atoms with Crippen LogP contribution in [-0.2, 0) is 0 Å². The van der Waals surface area contributed by atoms with E-state index < -0.39 is 29.9 Å². The predicted octanol–water partition coefficient (Wildman–Crippen LogP) is 4.91. The summed E-state index contributed by atoms with van der Waals surface area (Å²) < 4.78 is 68.7. The molecule has 0 saturated carbocycles. The Kier molecular flexibility index (Phi) is 5.42. The summed E-state index contributed by atoms with van der Waals surface area (Å²) >= 11 is 0.522. The summed E-state index contributed by atoms with van der Waals surface area (Å²) in [7, 11) is 0. The van der Waals surface area contributed by atoms with Gasteiger partial charge in [0.05, 0.1) is 22.8 Å². The highest BCUT2D eigenvalue weighted by Crippen LogP contribution is 2.42. The Bertz CT molecular complexity index is 1130. The highest BCUT2D eigenvalue weighted by Gasteiger charge is 2.44. The van der Waals surface area contributed by atoms with Crippen LogP contribution in [0, 0.1) is 18.6 Å². The van der Waals surface area contributed by atoms with Crippen molar-refractivity contribution in [1.29, 1.82) is 0 Å². The molecule has 0 spiro atoms. The molecule has 164 valence electrons. The van der Waals surface area contributed by atoms with E-state index in [1.165, 1.54) is 19.3 Å². The molecule has 0 radical (unpaired) electrons. The molecule has 0 aliphatic carbocycles. The van der Waals surface area contributed by atoms with Gasteiger partial charge in [0, 0.05) is 29.4 Å². The van der Waals surface area contributed by atoms with E-state index in [0.717, 1.165) is 25.6 Å². The summed E-state index contributed by atoms with van der Waals surface area (Å²) in [6, 6.07) is -1.97. The zero-order valence-electron chi connectivity index (χ0n) is 16.1. The van der Waals surface area contributed by atoms with Gasteiger partial charge in [0.15, 0.2) is 6.04 Å². The van der Waals surface area contributed by atoms with Crippen molar-refractivity contribution in [3.05, 3.63) is 46.6 Å². The summed E-state index contributed by atoms with van der Waals surface area (Å²) in [5.74, 6) is -1.38. The second kappa shape index (κ2) is 7.91. The minimum atomic E-state index is -4.87. The highest BCUT2D eigenvalue weighted by atomic mass is 32.1. The fourth-order valence-electron chi connectivity index (χ4n) is 3.20. The van der Waals surface area contributed by atoms with Crippen LogP contribution in [0.5, 0.6) is 0 Å². The minimum Gasteiger partial charge on any atom is -0.341 e. The number of urea groups is 1. The highest BCUT2D eigenvalue weighted by molar-refractivity contribution is 7.19. The van der Waals surface area contributed by atoms with E-state index in [1.54, 1.807) is 0 Å². The average Bonchev–Trinajstić information content (AvgIpc) is 2.96. The van der Waals surface area contributed by atoms with Crippen molar-refractivity contribution in [1.82, 2.24) is 15.3 Å². The molecule has 2 amide bonds. The molecule has 2 aromatic heterocycles. The molecule has 3 aromatic rings. The number of amides is 2. The number of alkyl halides is 3. The van der Waals surface area contributed by atoms with Crippen LogP contribution in [0.2, 0.25) is 0 Å². The number of nitrogens with one attached hydrogen (secondary N) is 2. The number of hydrogen-bond donors (Lipinski definition) is 2. The lowest BCUT2D eigenvalue weighted by Gasteiger charge is -2.30. The van der Waals surface area contributed by atoms with Gasteiger partial charge in [-0.1, -0.05) is 0 Å². The molecule has 1 fully saturated rings. The van der Waals surface area contributed by atoms with E-state index in [4.69, 9.17) is 0 Å². The molecule has 0 bridgehead atoms. The lowest BCUT2D eigenvalue weighted by molar-refractivity contribution is -0.154. The van der Waals surface area contributed by atoms with Crippen LogP contribution in [0.1, 0.15) is 22.9 Å². The third kappa shape index (κ3) is 4.24. The van der Waals surface area contributed by atoms with E-state index in [2.05, 4.69) is 15.3 Å². The number of carbonyl (C=O) groups is 1. The zero-order chi connectivity index (χ0) is 22.3. The smallest absolute Gasteiger partial charge is 0.341 e. The lowest BCUT2D eigenvalue weighted by atomic mass is 10.1. The molecule has 1 unspecified atom stereocenters. The summed E-state index contributed by atoms with van der Waals surface area (Å²) in [5, 5.41) is 4.17. The Morgan fingerprint density at radius 3 is 2.45 bits per heavy atom. The summed E-state index contributed by atoms with van der Waals surface area (Å²) in [4.78, 5) is 22.0. The van der Waals surface area contributed by atoms with E-state index in [0.29, 0.717) is 23.4 Å². The second-order valence-electron chi connectivity index (χ2n) is 7.04. The first-order valence-electron chi connectivity index (χ1n) is 9.23. The Hall–Kier alpha value is -3.02. The number of aromatic nitrogens is 2. The maximum Gasteiger partial charge on any atom is 0.413 e. The number of aryl methyl sites for hydroxylation is 1. The molecule has 6 nitrogen and oxygen atoms in total. The van der Waals surface area contributed by atoms with Gasteiger partial charge in [-0.25, -0.2) is 23.5 Å². The lowest BCUT2D eigenvalue weighted by Crippen LogP contribution is -2.40. The van der Waals surface area contributed by atoms with Crippen molar-refractivity contribution in [2.45, 2.75) is 25.6 Å². The van der Waals surface area contributed by atoms with Gasteiger partial charge in [0.25, 0.3) is 0 Å². The Morgan fingerprint density at radius 2 is 1.87 bits per heavy atom. The first-order chi connectivity index (χ1) is 14.6. The van der Waals surface area contributed by atoms with Crippen molar-refractivity contribution in [3.63, 3.8) is 0 Å². The molecule has 4 rings (SSSR count). The number of anilines is 2. The third-order valence-corrected chi connectivity index (χ3v) is 6.27. The fraction of sp³-hybridized carbons (Fsp3) is 0.316. The maximum atomic E-state index is 14.0. The molecular formula is C19H16F5N5OS. The van der Waals surface area contributed by atoms with Crippen LogP contribution in [0.25, 0.3) is 10.1 Å². The van der Waals surface area contributed by atoms with E-state index in [9.17, 15) is 26.7 Å². The Morgan fingerprint density at radius 1 is 1.19 bits per heavy atom. The van der Waals surface area contributed by atoms with Crippen molar-refractivity contribution in [2.24, 2.45) is 0 Å². The van der Waals surface area contributed by atoms with Crippen molar-refractivity contribution < 1.29 is 26.7 Å². The van der Waals surface area contributed by atoms with Gasteiger partial charge >= 0.3 is 12.2 Å². The van der Waals surface area contributed by atoms with Crippen LogP contribution in [0.4, 0.5) is 38.4 Å². The molecule has 2 N–H and O–H groups in total. The quantitative estimate of drug-likeness (QED) is 0.546. The molecule has 3 heterocycles. The van der Waals surface area contributed by atoms with Crippen molar-refractivity contribution in [3.8, 4) is 0 Å². The predicted molar refractivity (Wildman–Crippen MR) is 106 cm³/mol. The van der Waals surface area contributed by atoms with Crippen molar-refractivity contribution in [2.75, 3.05) is 23.3 Å². The van der Waals surface area contributed by atoms with Gasteiger partial charge in [-0.15, -0.1) is 11.3 Å². The van der Waals surface area contributed by atoms with Crippen LogP contribution >= 0.6 is 11.3 Å². The number of carbonyl (C=O) groups excluding carboxylic acids is 1. The van der Waals surface area contributed by atoms with Crippen LogP contribution < -0.4 is 15.5 Å². The van der Waals surface area contributed by atoms with Crippen LogP contribution in [-0.4, -0.2) is 35.3 Å². The largest absolute Gasteiger partial charge is 0.413 e. The fourth-order valence-corrected chi connectivity index (χ4v) is 4.47. The molecule has 1 atom stereocenters. The van der Waals surface area contributed by atoms with Crippen molar-refractivity contribution >= 4 is 39.1 Å². The second-order valence-corrected chi connectivity index (χ2v) is 8.09. The topological polar surface area (TPSA) is 70.2 Å². The standard InChI is InChI=1S/C19H16F5N5OS/c1-9-12-5-10(20)6-13(21)15(12)31-14(9)16(19(22,23)24)28-18(30)27-11-7-25-17(26-8-11)29-3-2-4-29/h5-8,16H,2-4H2,1H3,(H2,27,28,30). The number of rotatable bonds is 4. The maximum absolute atomic E-state index is 14.0. The number of nitrogens with zero attached hydrogens (tertiary/aromatic N) is 3. The SMILES string of the molecule is Cc1c(C(NC(=O)Nc2cnc(N3CCC3)nc2)C(F)(F)F)sc2c(F)cc(F)cc12. The van der Waals surface area contributed by atoms with E-state index >= 15 is 0 Å².